The zero-order valence-electron chi connectivity index (χ0n) is 42.8. The Balaban J connectivity index is 3.45. The van der Waals surface area contributed by atoms with E-state index < -0.39 is 12.1 Å². The maximum atomic E-state index is 12.4. The Kier molecular flexibility index (Phi) is 52.1. The fourth-order valence-corrected chi connectivity index (χ4v) is 8.49. The van der Waals surface area contributed by atoms with E-state index in [4.69, 9.17) is 4.74 Å². The summed E-state index contributed by atoms with van der Waals surface area (Å²) in [6, 6.07) is -0.632. The molecule has 6 heteroatoms. The first-order valence-electron chi connectivity index (χ1n) is 28.3. The Hall–Kier alpha value is -1.92. The number of amides is 1. The summed E-state index contributed by atoms with van der Waals surface area (Å²) in [6.45, 7) is 4.86. The lowest BCUT2D eigenvalue weighted by Gasteiger charge is -2.20. The molecule has 0 fully saturated rings. The number of allylic oxidation sites excluding steroid dienone is 5. The van der Waals surface area contributed by atoms with E-state index in [1.807, 2.05) is 6.08 Å². The van der Waals surface area contributed by atoms with Gasteiger partial charge in [0.15, 0.2) is 0 Å². The molecule has 0 aromatic heterocycles. The van der Waals surface area contributed by atoms with Gasteiger partial charge in [0.25, 0.3) is 0 Å². The number of unbranched alkanes of at least 4 members (excludes halogenated alkanes) is 37. The third kappa shape index (κ3) is 49.5. The van der Waals surface area contributed by atoms with Gasteiger partial charge in [-0.25, -0.2) is 0 Å². The molecule has 2 atom stereocenters. The van der Waals surface area contributed by atoms with Crippen LogP contribution in [0.1, 0.15) is 296 Å². The highest BCUT2D eigenvalue weighted by atomic mass is 16.5. The topological polar surface area (TPSA) is 95.9 Å². The molecular formula is C58H109NO5. The second-order valence-electron chi connectivity index (χ2n) is 19.3. The quantitative estimate of drug-likeness (QED) is 0.0321. The minimum Gasteiger partial charge on any atom is -0.466 e. The molecule has 0 radical (unpaired) electrons. The monoisotopic (exact) mass is 900 g/mol. The number of carbonyl (C=O) groups is 2. The molecule has 6 nitrogen and oxygen atoms in total. The third-order valence-electron chi connectivity index (χ3n) is 12.9. The number of nitrogens with one attached hydrogen (secondary N) is 1. The van der Waals surface area contributed by atoms with Crippen LogP contribution in [0.15, 0.2) is 36.5 Å². The summed E-state index contributed by atoms with van der Waals surface area (Å²) in [5.41, 5.74) is 0. The average molecular weight is 901 g/mol. The van der Waals surface area contributed by atoms with Crippen molar-refractivity contribution in [3.63, 3.8) is 0 Å². The summed E-state index contributed by atoms with van der Waals surface area (Å²) in [5, 5.41) is 23.1. The number of aliphatic hydroxyl groups excluding tert-OH is 2. The van der Waals surface area contributed by atoms with Crippen molar-refractivity contribution < 1.29 is 24.5 Å². The molecule has 0 heterocycles. The molecule has 0 aromatic rings. The molecule has 1 amide bonds. The number of ether oxygens (including phenoxy) is 1. The van der Waals surface area contributed by atoms with Gasteiger partial charge in [-0.1, -0.05) is 243 Å². The molecule has 0 saturated heterocycles. The fourth-order valence-electron chi connectivity index (χ4n) is 8.49. The molecule has 2 unspecified atom stereocenters. The summed E-state index contributed by atoms with van der Waals surface area (Å²) in [7, 11) is 0. The van der Waals surface area contributed by atoms with Gasteiger partial charge in [-0.2, -0.15) is 0 Å². The van der Waals surface area contributed by atoms with Crippen LogP contribution in [0.5, 0.6) is 0 Å². The average Bonchev–Trinajstić information content (AvgIpc) is 3.29. The Morgan fingerprint density at radius 2 is 0.750 bits per heavy atom. The molecule has 0 rings (SSSR count). The van der Waals surface area contributed by atoms with E-state index >= 15 is 0 Å². The Morgan fingerprint density at radius 3 is 1.16 bits per heavy atom. The predicted octanol–water partition coefficient (Wildman–Crippen LogP) is 17.2. The molecule has 0 aliphatic rings. The van der Waals surface area contributed by atoms with Gasteiger partial charge in [0, 0.05) is 12.8 Å². The first-order valence-corrected chi connectivity index (χ1v) is 28.3. The summed E-state index contributed by atoms with van der Waals surface area (Å²) < 4.78 is 5.45. The minimum absolute atomic E-state index is 0.00217. The molecule has 3 N–H and O–H groups in total. The summed E-state index contributed by atoms with van der Waals surface area (Å²) in [4.78, 5) is 24.4. The highest BCUT2D eigenvalue weighted by Gasteiger charge is 2.18. The number of rotatable bonds is 52. The number of hydrogen-bond acceptors (Lipinski definition) is 5. The highest BCUT2D eigenvalue weighted by molar-refractivity contribution is 5.76. The molecule has 0 bridgehead atoms. The van der Waals surface area contributed by atoms with E-state index in [2.05, 4.69) is 43.5 Å². The number of aliphatic hydroxyl groups is 2. The largest absolute Gasteiger partial charge is 0.466 e. The number of carbonyl (C=O) groups excluding carboxylic acids is 2. The molecule has 0 aliphatic heterocycles. The first kappa shape index (κ1) is 62.1. The van der Waals surface area contributed by atoms with Gasteiger partial charge in [0.2, 0.25) is 5.91 Å². The van der Waals surface area contributed by atoms with Crippen LogP contribution in [-0.4, -0.2) is 47.4 Å². The fraction of sp³-hybridized carbons (Fsp3) is 0.862. The molecule has 0 spiro atoms. The van der Waals surface area contributed by atoms with Crippen molar-refractivity contribution in [2.24, 2.45) is 0 Å². The van der Waals surface area contributed by atoms with Gasteiger partial charge in [0.05, 0.1) is 25.4 Å². The smallest absolute Gasteiger partial charge is 0.305 e. The van der Waals surface area contributed by atoms with Crippen LogP contribution in [0, 0.1) is 0 Å². The molecule has 0 saturated carbocycles. The van der Waals surface area contributed by atoms with Crippen molar-refractivity contribution >= 4 is 11.9 Å². The summed E-state index contributed by atoms with van der Waals surface area (Å²) in [5.74, 6) is -0.0773. The zero-order chi connectivity index (χ0) is 46.5. The van der Waals surface area contributed by atoms with Gasteiger partial charge in [-0.05, 0) is 77.0 Å². The predicted molar refractivity (Wildman–Crippen MR) is 278 cm³/mol. The lowest BCUT2D eigenvalue weighted by Crippen LogP contribution is -2.45. The SMILES string of the molecule is CCCC/C=C\CCCCCCCC(=O)OCCCCCCCCCCCCC/C=C\CCCCCCCCCC(=O)NC(CO)C(O)/C=C/CCCCCCCCCCCCCC. The van der Waals surface area contributed by atoms with Crippen molar-refractivity contribution in [1.29, 1.82) is 0 Å². The van der Waals surface area contributed by atoms with Crippen molar-refractivity contribution in [3.05, 3.63) is 36.5 Å². The number of hydrogen-bond donors (Lipinski definition) is 3. The first-order chi connectivity index (χ1) is 31.5. The zero-order valence-corrected chi connectivity index (χ0v) is 42.8. The van der Waals surface area contributed by atoms with Crippen molar-refractivity contribution in [2.75, 3.05) is 13.2 Å². The molecule has 376 valence electrons. The second-order valence-corrected chi connectivity index (χ2v) is 19.3. The Morgan fingerprint density at radius 1 is 0.422 bits per heavy atom. The van der Waals surface area contributed by atoms with Gasteiger partial charge in [0.1, 0.15) is 0 Å². The van der Waals surface area contributed by atoms with E-state index in [1.165, 1.54) is 218 Å². The van der Waals surface area contributed by atoms with Crippen molar-refractivity contribution in [2.45, 2.75) is 309 Å². The summed E-state index contributed by atoms with van der Waals surface area (Å²) >= 11 is 0. The van der Waals surface area contributed by atoms with E-state index in [9.17, 15) is 19.8 Å². The van der Waals surface area contributed by atoms with Gasteiger partial charge in [-0.15, -0.1) is 0 Å². The molecule has 0 aromatic carbocycles. The maximum Gasteiger partial charge on any atom is 0.305 e. The van der Waals surface area contributed by atoms with Crippen LogP contribution < -0.4 is 5.32 Å². The lowest BCUT2D eigenvalue weighted by atomic mass is 10.0. The summed E-state index contributed by atoms with van der Waals surface area (Å²) in [6.07, 6.45) is 65.9. The van der Waals surface area contributed by atoms with Crippen molar-refractivity contribution in [3.8, 4) is 0 Å². The molecular weight excluding hydrogens is 791 g/mol. The highest BCUT2D eigenvalue weighted by Crippen LogP contribution is 2.16. The molecule has 64 heavy (non-hydrogen) atoms. The Bertz CT molecular complexity index is 1040. The van der Waals surface area contributed by atoms with E-state index in [1.54, 1.807) is 6.08 Å². The standard InChI is InChI=1S/C58H109NO5/c1-3-5-7-9-11-13-15-16-27-31-34-38-42-46-50-56(61)55(54-60)59-57(62)51-47-43-39-35-32-28-25-23-21-19-17-18-20-22-24-26-29-33-37-41-45-49-53-64-58(63)52-48-44-40-36-30-14-12-10-8-6-4-2/h10,12,19,21,46,50,55-56,60-61H,3-9,11,13-18,20,22-45,47-49,51-54H2,1-2H3,(H,59,62)/b12-10-,21-19-,50-46+. The van der Waals surface area contributed by atoms with Crippen LogP contribution in [0.4, 0.5) is 0 Å². The minimum atomic E-state index is -0.848. The normalized spacial score (nSPS) is 12.9. The van der Waals surface area contributed by atoms with Crippen LogP contribution in [0.25, 0.3) is 0 Å². The third-order valence-corrected chi connectivity index (χ3v) is 12.9. The lowest BCUT2D eigenvalue weighted by molar-refractivity contribution is -0.143. The van der Waals surface area contributed by atoms with Crippen LogP contribution in [0.3, 0.4) is 0 Å². The maximum absolute atomic E-state index is 12.4. The van der Waals surface area contributed by atoms with Crippen LogP contribution in [-0.2, 0) is 14.3 Å². The van der Waals surface area contributed by atoms with Gasteiger partial charge < -0.3 is 20.3 Å². The second kappa shape index (κ2) is 53.7. The van der Waals surface area contributed by atoms with E-state index in [0.717, 1.165) is 51.4 Å². The van der Waals surface area contributed by atoms with Gasteiger partial charge >= 0.3 is 5.97 Å². The van der Waals surface area contributed by atoms with Gasteiger partial charge in [-0.3, -0.25) is 9.59 Å². The molecule has 0 aliphatic carbocycles. The number of esters is 1. The van der Waals surface area contributed by atoms with Crippen LogP contribution in [0.2, 0.25) is 0 Å². The van der Waals surface area contributed by atoms with Crippen molar-refractivity contribution in [1.82, 2.24) is 5.32 Å². The van der Waals surface area contributed by atoms with Crippen LogP contribution >= 0.6 is 0 Å². The van der Waals surface area contributed by atoms with E-state index in [0.29, 0.717) is 19.4 Å². The van der Waals surface area contributed by atoms with E-state index in [-0.39, 0.29) is 18.5 Å². The Labute approximate surface area is 398 Å².